The molecule has 1 aromatic heterocycles. The predicted octanol–water partition coefficient (Wildman–Crippen LogP) is 1.56. The zero-order valence-electron chi connectivity index (χ0n) is 10.4. The van der Waals surface area contributed by atoms with Crippen LogP contribution in [0.1, 0.15) is 37.1 Å². The Kier molecular flexibility index (Phi) is 3.61. The van der Waals surface area contributed by atoms with Crippen LogP contribution in [-0.2, 0) is 11.8 Å². The molecule has 4 heteroatoms. The van der Waals surface area contributed by atoms with E-state index in [-0.39, 0.29) is 0 Å². The molecule has 4 nitrogen and oxygen atoms in total. The van der Waals surface area contributed by atoms with Gasteiger partial charge in [0.1, 0.15) is 0 Å². The maximum Gasteiger partial charge on any atom is 0.0700 e. The van der Waals surface area contributed by atoms with Crippen LogP contribution in [0.4, 0.5) is 0 Å². The second-order valence-electron chi connectivity index (χ2n) is 4.61. The van der Waals surface area contributed by atoms with Gasteiger partial charge < -0.3 is 10.1 Å². The van der Waals surface area contributed by atoms with Crippen LogP contribution < -0.4 is 5.32 Å². The molecule has 0 aromatic carbocycles. The minimum absolute atomic E-state index is 0.345. The average Bonchev–Trinajstić information content (AvgIpc) is 2.84. The fraction of sp³-hybridized carbons (Fsp3) is 0.750. The summed E-state index contributed by atoms with van der Waals surface area (Å²) < 4.78 is 7.46. The molecule has 2 heterocycles. The fourth-order valence-electron chi connectivity index (χ4n) is 2.27. The average molecular weight is 223 g/mol. The smallest absolute Gasteiger partial charge is 0.0700 e. The summed E-state index contributed by atoms with van der Waals surface area (Å²) in [7, 11) is 1.96. The number of aromatic nitrogens is 2. The van der Waals surface area contributed by atoms with Gasteiger partial charge in [0, 0.05) is 38.0 Å². The second kappa shape index (κ2) is 4.97. The maximum absolute atomic E-state index is 5.59. The highest BCUT2D eigenvalue weighted by Crippen LogP contribution is 2.17. The third-order valence-electron chi connectivity index (χ3n) is 3.19. The Bertz CT molecular complexity index is 342. The molecular weight excluding hydrogens is 202 g/mol. The van der Waals surface area contributed by atoms with E-state index < -0.39 is 0 Å². The van der Waals surface area contributed by atoms with Crippen molar-refractivity contribution in [1.82, 2.24) is 15.1 Å². The zero-order valence-corrected chi connectivity index (χ0v) is 10.4. The van der Waals surface area contributed by atoms with Gasteiger partial charge in [0.05, 0.1) is 11.8 Å². The molecule has 0 bridgehead atoms. The molecule has 2 atom stereocenters. The van der Waals surface area contributed by atoms with Gasteiger partial charge in [0.15, 0.2) is 0 Å². The van der Waals surface area contributed by atoms with Crippen LogP contribution in [0.2, 0.25) is 0 Å². The number of nitrogens with zero attached hydrogens (tertiary/aromatic N) is 2. The van der Waals surface area contributed by atoms with E-state index in [1.807, 2.05) is 11.7 Å². The standard InChI is InChI=1S/C12H21N3O/c1-9(12-8-15(3)14-10(12)2)13-7-11-5-4-6-16-11/h8-9,11,13H,4-7H2,1-3H3. The molecule has 0 aliphatic carbocycles. The first-order valence-corrected chi connectivity index (χ1v) is 6.02. The summed E-state index contributed by atoms with van der Waals surface area (Å²) in [6.45, 7) is 6.10. The van der Waals surface area contributed by atoms with Crippen molar-refractivity contribution in [3.63, 3.8) is 0 Å². The van der Waals surface area contributed by atoms with E-state index in [0.717, 1.165) is 18.8 Å². The molecule has 90 valence electrons. The number of aryl methyl sites for hydroxylation is 2. The zero-order chi connectivity index (χ0) is 11.5. The second-order valence-corrected chi connectivity index (χ2v) is 4.61. The van der Waals surface area contributed by atoms with Crippen LogP contribution >= 0.6 is 0 Å². The quantitative estimate of drug-likeness (QED) is 0.842. The van der Waals surface area contributed by atoms with Crippen molar-refractivity contribution >= 4 is 0 Å². The van der Waals surface area contributed by atoms with Crippen molar-refractivity contribution in [1.29, 1.82) is 0 Å². The van der Waals surface area contributed by atoms with Crippen molar-refractivity contribution in [3.8, 4) is 0 Å². The van der Waals surface area contributed by atoms with Gasteiger partial charge in [0.25, 0.3) is 0 Å². The lowest BCUT2D eigenvalue weighted by atomic mass is 10.1. The summed E-state index contributed by atoms with van der Waals surface area (Å²) in [6.07, 6.45) is 4.88. The molecule has 0 spiro atoms. The first kappa shape index (κ1) is 11.6. The van der Waals surface area contributed by atoms with Crippen molar-refractivity contribution in [2.75, 3.05) is 13.2 Å². The molecular formula is C12H21N3O. The van der Waals surface area contributed by atoms with E-state index in [0.29, 0.717) is 12.1 Å². The lowest BCUT2D eigenvalue weighted by Gasteiger charge is -2.16. The number of nitrogens with one attached hydrogen (secondary N) is 1. The van der Waals surface area contributed by atoms with Gasteiger partial charge in [0.2, 0.25) is 0 Å². The predicted molar refractivity (Wildman–Crippen MR) is 63.3 cm³/mol. The van der Waals surface area contributed by atoms with E-state index in [2.05, 4.69) is 30.5 Å². The number of hydrogen-bond acceptors (Lipinski definition) is 3. The van der Waals surface area contributed by atoms with E-state index in [1.165, 1.54) is 18.4 Å². The van der Waals surface area contributed by atoms with Crippen molar-refractivity contribution in [2.24, 2.45) is 7.05 Å². The van der Waals surface area contributed by atoms with Gasteiger partial charge in [-0.3, -0.25) is 4.68 Å². The van der Waals surface area contributed by atoms with Gasteiger partial charge in [-0.15, -0.1) is 0 Å². The Morgan fingerprint density at radius 2 is 2.50 bits per heavy atom. The molecule has 1 saturated heterocycles. The number of rotatable bonds is 4. The molecule has 0 radical (unpaired) electrons. The molecule has 2 rings (SSSR count). The Morgan fingerprint density at radius 1 is 1.69 bits per heavy atom. The minimum atomic E-state index is 0.345. The Balaban J connectivity index is 1.87. The molecule has 2 unspecified atom stereocenters. The van der Waals surface area contributed by atoms with Crippen molar-refractivity contribution < 1.29 is 4.74 Å². The van der Waals surface area contributed by atoms with Crippen LogP contribution in [0.25, 0.3) is 0 Å². The largest absolute Gasteiger partial charge is 0.377 e. The van der Waals surface area contributed by atoms with Gasteiger partial charge in [-0.05, 0) is 26.7 Å². The van der Waals surface area contributed by atoms with E-state index in [1.54, 1.807) is 0 Å². The summed E-state index contributed by atoms with van der Waals surface area (Å²) in [5.74, 6) is 0. The lowest BCUT2D eigenvalue weighted by Crippen LogP contribution is -2.28. The fourth-order valence-corrected chi connectivity index (χ4v) is 2.27. The third kappa shape index (κ3) is 2.62. The molecule has 1 aliphatic rings. The maximum atomic E-state index is 5.59. The molecule has 1 N–H and O–H groups in total. The van der Waals surface area contributed by atoms with Gasteiger partial charge in [-0.2, -0.15) is 5.10 Å². The SMILES string of the molecule is Cc1nn(C)cc1C(C)NCC1CCCO1. The third-order valence-corrected chi connectivity index (χ3v) is 3.19. The minimum Gasteiger partial charge on any atom is -0.377 e. The van der Waals surface area contributed by atoms with E-state index in [4.69, 9.17) is 4.74 Å². The normalized spacial score (nSPS) is 22.6. The number of hydrogen-bond donors (Lipinski definition) is 1. The Hall–Kier alpha value is -0.870. The van der Waals surface area contributed by atoms with Crippen molar-refractivity contribution in [2.45, 2.75) is 38.8 Å². The van der Waals surface area contributed by atoms with E-state index >= 15 is 0 Å². The number of ether oxygens (including phenoxy) is 1. The first-order chi connectivity index (χ1) is 7.66. The summed E-state index contributed by atoms with van der Waals surface area (Å²) in [6, 6.07) is 0.345. The summed E-state index contributed by atoms with van der Waals surface area (Å²) in [5.41, 5.74) is 2.38. The van der Waals surface area contributed by atoms with Crippen LogP contribution in [0.15, 0.2) is 6.20 Å². The lowest BCUT2D eigenvalue weighted by molar-refractivity contribution is 0.108. The topological polar surface area (TPSA) is 39.1 Å². The molecule has 1 aliphatic heterocycles. The van der Waals surface area contributed by atoms with E-state index in [9.17, 15) is 0 Å². The summed E-state index contributed by atoms with van der Waals surface area (Å²) in [5, 5.41) is 7.87. The molecule has 16 heavy (non-hydrogen) atoms. The van der Waals surface area contributed by atoms with Crippen LogP contribution in [-0.4, -0.2) is 29.0 Å². The summed E-state index contributed by atoms with van der Waals surface area (Å²) >= 11 is 0. The monoisotopic (exact) mass is 223 g/mol. The molecule has 1 aromatic rings. The highest BCUT2D eigenvalue weighted by molar-refractivity contribution is 5.19. The Morgan fingerprint density at radius 3 is 3.06 bits per heavy atom. The summed E-state index contributed by atoms with van der Waals surface area (Å²) in [4.78, 5) is 0. The van der Waals surface area contributed by atoms with Crippen LogP contribution in [0.3, 0.4) is 0 Å². The molecule has 0 saturated carbocycles. The molecule has 1 fully saturated rings. The first-order valence-electron chi connectivity index (χ1n) is 6.02. The van der Waals surface area contributed by atoms with Crippen LogP contribution in [0.5, 0.6) is 0 Å². The highest BCUT2D eigenvalue weighted by Gasteiger charge is 2.17. The van der Waals surface area contributed by atoms with Gasteiger partial charge in [-0.25, -0.2) is 0 Å². The van der Waals surface area contributed by atoms with Crippen LogP contribution in [0, 0.1) is 6.92 Å². The highest BCUT2D eigenvalue weighted by atomic mass is 16.5. The van der Waals surface area contributed by atoms with Gasteiger partial charge >= 0.3 is 0 Å². The van der Waals surface area contributed by atoms with Gasteiger partial charge in [-0.1, -0.05) is 0 Å². The van der Waals surface area contributed by atoms with Crippen molar-refractivity contribution in [3.05, 3.63) is 17.5 Å². The molecule has 0 amide bonds. The Labute approximate surface area is 97.0 Å².